The standard InChI is InChI=1S/C30H52O11/c1-11-21(24(34)41-29(8,9)27(3,4)5)19-30(10,26(36)40-16-15-37-12-2)20-28(6,7)25(35)39-18-17-38-23(33)14-13-22(31)32/h21H,11-20H2,1-10H3,(H,31,32). The first kappa shape index (κ1) is 38.3. The Morgan fingerprint density at radius 1 is 0.732 bits per heavy atom. The molecule has 0 saturated carbocycles. The van der Waals surface area contributed by atoms with Crippen molar-refractivity contribution in [3.05, 3.63) is 0 Å². The Morgan fingerprint density at radius 2 is 1.27 bits per heavy atom. The Hall–Kier alpha value is -2.69. The molecular formula is C30H52O11. The van der Waals surface area contributed by atoms with Crippen molar-refractivity contribution >= 4 is 29.8 Å². The molecule has 238 valence electrons. The maximum Gasteiger partial charge on any atom is 0.311 e. The summed E-state index contributed by atoms with van der Waals surface area (Å²) in [7, 11) is 0. The zero-order valence-corrected chi connectivity index (χ0v) is 26.7. The zero-order chi connectivity index (χ0) is 32.1. The highest BCUT2D eigenvalue weighted by molar-refractivity contribution is 5.82. The Balaban J connectivity index is 5.65. The molecule has 1 N–H and O–H groups in total. The van der Waals surface area contributed by atoms with Gasteiger partial charge >= 0.3 is 29.8 Å². The quantitative estimate of drug-likeness (QED) is 0.127. The first-order chi connectivity index (χ1) is 18.7. The van der Waals surface area contributed by atoms with Gasteiger partial charge in [0.25, 0.3) is 0 Å². The van der Waals surface area contributed by atoms with E-state index in [9.17, 15) is 24.0 Å². The van der Waals surface area contributed by atoms with Gasteiger partial charge in [-0.2, -0.15) is 0 Å². The summed E-state index contributed by atoms with van der Waals surface area (Å²) in [6.07, 6.45) is -0.124. The summed E-state index contributed by atoms with van der Waals surface area (Å²) in [5, 5.41) is 8.64. The average Bonchev–Trinajstić information content (AvgIpc) is 2.84. The maximum absolute atomic E-state index is 13.4. The average molecular weight is 589 g/mol. The van der Waals surface area contributed by atoms with Crippen LogP contribution in [0.4, 0.5) is 0 Å². The van der Waals surface area contributed by atoms with Crippen molar-refractivity contribution in [2.45, 2.75) is 107 Å². The summed E-state index contributed by atoms with van der Waals surface area (Å²) in [6.45, 7) is 18.5. The number of carboxylic acids is 1. The summed E-state index contributed by atoms with van der Waals surface area (Å²) in [5.74, 6) is -4.07. The number of rotatable bonds is 19. The number of hydrogen-bond donors (Lipinski definition) is 1. The first-order valence-corrected chi connectivity index (χ1v) is 14.2. The van der Waals surface area contributed by atoms with Crippen LogP contribution in [0.2, 0.25) is 0 Å². The van der Waals surface area contributed by atoms with Crippen LogP contribution in [-0.2, 0) is 47.7 Å². The third kappa shape index (κ3) is 13.7. The SMILES string of the molecule is CCOCCOC(=O)C(C)(CC(CC)C(=O)OC(C)(C)C(C)(C)C)CC(C)(C)C(=O)OCCOC(=O)CCC(=O)O. The smallest absolute Gasteiger partial charge is 0.311 e. The molecule has 0 spiro atoms. The van der Waals surface area contributed by atoms with Gasteiger partial charge in [0.1, 0.15) is 25.4 Å². The van der Waals surface area contributed by atoms with Crippen LogP contribution in [0.25, 0.3) is 0 Å². The van der Waals surface area contributed by atoms with Crippen LogP contribution in [-0.4, -0.2) is 73.6 Å². The number of ether oxygens (including phenoxy) is 5. The molecule has 11 heteroatoms. The summed E-state index contributed by atoms with van der Waals surface area (Å²) < 4.78 is 26.9. The van der Waals surface area contributed by atoms with Gasteiger partial charge in [0, 0.05) is 12.0 Å². The van der Waals surface area contributed by atoms with Gasteiger partial charge in [-0.05, 0) is 60.8 Å². The fourth-order valence-electron chi connectivity index (χ4n) is 3.98. The maximum atomic E-state index is 13.4. The summed E-state index contributed by atoms with van der Waals surface area (Å²) >= 11 is 0. The topological polar surface area (TPSA) is 152 Å². The van der Waals surface area contributed by atoms with Crippen LogP contribution < -0.4 is 0 Å². The molecule has 0 aliphatic heterocycles. The molecule has 0 bridgehead atoms. The van der Waals surface area contributed by atoms with Gasteiger partial charge < -0.3 is 28.8 Å². The normalized spacial score (nSPS) is 14.4. The van der Waals surface area contributed by atoms with Gasteiger partial charge in [0.2, 0.25) is 0 Å². The van der Waals surface area contributed by atoms with E-state index in [0.717, 1.165) is 0 Å². The van der Waals surface area contributed by atoms with Gasteiger partial charge in [0.15, 0.2) is 0 Å². The van der Waals surface area contributed by atoms with E-state index in [1.54, 1.807) is 20.8 Å². The highest BCUT2D eigenvalue weighted by Gasteiger charge is 2.47. The highest BCUT2D eigenvalue weighted by atomic mass is 16.6. The summed E-state index contributed by atoms with van der Waals surface area (Å²) in [6, 6.07) is 0. The van der Waals surface area contributed by atoms with Crippen LogP contribution in [0.15, 0.2) is 0 Å². The molecule has 2 unspecified atom stereocenters. The second-order valence-corrected chi connectivity index (χ2v) is 12.7. The van der Waals surface area contributed by atoms with Gasteiger partial charge in [-0.15, -0.1) is 0 Å². The minimum absolute atomic E-state index is 0.0111. The molecule has 41 heavy (non-hydrogen) atoms. The largest absolute Gasteiger partial charge is 0.481 e. The van der Waals surface area contributed by atoms with Gasteiger partial charge in [-0.3, -0.25) is 24.0 Å². The van der Waals surface area contributed by atoms with Crippen molar-refractivity contribution in [2.24, 2.45) is 22.2 Å². The van der Waals surface area contributed by atoms with E-state index in [2.05, 4.69) is 0 Å². The molecule has 11 nitrogen and oxygen atoms in total. The Morgan fingerprint density at radius 3 is 1.78 bits per heavy atom. The molecule has 0 radical (unpaired) electrons. The molecule has 0 fully saturated rings. The van der Waals surface area contributed by atoms with Crippen LogP contribution in [0.3, 0.4) is 0 Å². The van der Waals surface area contributed by atoms with Crippen molar-refractivity contribution in [3.63, 3.8) is 0 Å². The van der Waals surface area contributed by atoms with Crippen molar-refractivity contribution in [3.8, 4) is 0 Å². The summed E-state index contributed by atoms with van der Waals surface area (Å²) in [5.41, 5.74) is -3.50. The van der Waals surface area contributed by atoms with Crippen LogP contribution in [0.1, 0.15) is 101 Å². The van der Waals surface area contributed by atoms with E-state index in [0.29, 0.717) is 13.0 Å². The Kier molecular flexibility index (Phi) is 15.6. The molecule has 0 aromatic rings. The van der Waals surface area contributed by atoms with Gasteiger partial charge in [0.05, 0.1) is 36.2 Å². The van der Waals surface area contributed by atoms with Crippen LogP contribution in [0.5, 0.6) is 0 Å². The number of carboxylic acid groups (broad SMARTS) is 1. The van der Waals surface area contributed by atoms with E-state index in [1.807, 2.05) is 48.5 Å². The Labute approximate surface area is 244 Å². The number of hydrogen-bond acceptors (Lipinski definition) is 10. The van der Waals surface area contributed by atoms with Crippen molar-refractivity contribution in [1.29, 1.82) is 0 Å². The fraction of sp³-hybridized carbons (Fsp3) is 0.833. The second kappa shape index (κ2) is 16.7. The van der Waals surface area contributed by atoms with Crippen LogP contribution in [0, 0.1) is 22.2 Å². The first-order valence-electron chi connectivity index (χ1n) is 14.2. The van der Waals surface area contributed by atoms with Crippen molar-refractivity contribution < 1.29 is 52.8 Å². The minimum Gasteiger partial charge on any atom is -0.481 e. The fourth-order valence-corrected chi connectivity index (χ4v) is 3.98. The van der Waals surface area contributed by atoms with E-state index in [4.69, 9.17) is 28.8 Å². The van der Waals surface area contributed by atoms with Crippen molar-refractivity contribution in [1.82, 2.24) is 0 Å². The highest BCUT2D eigenvalue weighted by Crippen LogP contribution is 2.42. The molecule has 0 amide bonds. The second-order valence-electron chi connectivity index (χ2n) is 12.7. The lowest BCUT2D eigenvalue weighted by Gasteiger charge is -2.40. The molecule has 0 saturated heterocycles. The van der Waals surface area contributed by atoms with E-state index in [1.165, 1.54) is 0 Å². The summed E-state index contributed by atoms with van der Waals surface area (Å²) in [4.78, 5) is 61.9. The third-order valence-electron chi connectivity index (χ3n) is 7.35. The predicted octanol–water partition coefficient (Wildman–Crippen LogP) is 4.72. The molecule has 0 rings (SSSR count). The van der Waals surface area contributed by atoms with Crippen LogP contribution >= 0.6 is 0 Å². The van der Waals surface area contributed by atoms with Gasteiger partial charge in [-0.25, -0.2) is 0 Å². The molecule has 0 aromatic heterocycles. The predicted molar refractivity (Wildman–Crippen MR) is 151 cm³/mol. The minimum atomic E-state index is -1.25. The lowest BCUT2D eigenvalue weighted by Crippen LogP contribution is -2.45. The lowest BCUT2D eigenvalue weighted by molar-refractivity contribution is -0.176. The molecule has 0 aliphatic carbocycles. The molecule has 0 heterocycles. The number of esters is 4. The molecular weight excluding hydrogens is 536 g/mol. The number of carbonyl (C=O) groups is 5. The molecule has 0 aliphatic rings. The van der Waals surface area contributed by atoms with E-state index < -0.39 is 52.2 Å². The van der Waals surface area contributed by atoms with E-state index >= 15 is 0 Å². The zero-order valence-electron chi connectivity index (χ0n) is 26.7. The Bertz CT molecular complexity index is 885. The van der Waals surface area contributed by atoms with Gasteiger partial charge in [-0.1, -0.05) is 27.7 Å². The lowest BCUT2D eigenvalue weighted by atomic mass is 9.69. The number of carbonyl (C=O) groups excluding carboxylic acids is 4. The molecule has 2 atom stereocenters. The van der Waals surface area contributed by atoms with E-state index in [-0.39, 0.29) is 57.5 Å². The van der Waals surface area contributed by atoms with Crippen molar-refractivity contribution in [2.75, 3.05) is 33.0 Å². The third-order valence-corrected chi connectivity index (χ3v) is 7.35. The monoisotopic (exact) mass is 588 g/mol. The number of aliphatic carboxylic acids is 1. The molecule has 0 aromatic carbocycles.